The summed E-state index contributed by atoms with van der Waals surface area (Å²) in [6, 6.07) is 6.59. The minimum atomic E-state index is -0.0479. The lowest BCUT2D eigenvalue weighted by Crippen LogP contribution is -2.47. The molecule has 2 aliphatic heterocycles. The molecule has 6 heteroatoms. The molecule has 1 aromatic heterocycles. The average molecular weight is 387 g/mol. The molecule has 3 aliphatic rings. The van der Waals surface area contributed by atoms with E-state index >= 15 is 0 Å². The Balaban J connectivity index is 1.24. The fraction of sp³-hybridized carbons (Fsp3) is 0.727. The summed E-state index contributed by atoms with van der Waals surface area (Å²) in [6.45, 7) is 4.31. The van der Waals surface area contributed by atoms with Crippen molar-refractivity contribution in [1.82, 2.24) is 14.8 Å². The summed E-state index contributed by atoms with van der Waals surface area (Å²) in [7, 11) is 3.52. The van der Waals surface area contributed by atoms with Gasteiger partial charge in [0, 0.05) is 46.3 Å². The second-order valence-corrected chi connectivity index (χ2v) is 8.72. The number of nitrogens with zero attached hydrogens (tertiary/aromatic N) is 4. The molecule has 1 saturated carbocycles. The number of rotatable bonds is 5. The summed E-state index contributed by atoms with van der Waals surface area (Å²) in [5.41, 5.74) is 0.513. The maximum atomic E-state index is 12.2. The Labute approximate surface area is 168 Å². The highest BCUT2D eigenvalue weighted by Gasteiger charge is 2.31. The Bertz CT molecular complexity index is 660. The Kier molecular flexibility index (Phi) is 6.16. The van der Waals surface area contributed by atoms with Crippen molar-refractivity contribution in [3.8, 4) is 0 Å². The van der Waals surface area contributed by atoms with Gasteiger partial charge < -0.3 is 19.4 Å². The van der Waals surface area contributed by atoms with E-state index in [0.29, 0.717) is 17.9 Å². The molecule has 0 radical (unpaired) electrons. The molecule has 4 rings (SSSR count). The second kappa shape index (κ2) is 8.78. The highest BCUT2D eigenvalue weighted by molar-refractivity contribution is 5.92. The molecule has 28 heavy (non-hydrogen) atoms. The monoisotopic (exact) mass is 386 g/mol. The van der Waals surface area contributed by atoms with E-state index < -0.39 is 0 Å². The van der Waals surface area contributed by atoms with E-state index in [4.69, 9.17) is 4.74 Å². The van der Waals surface area contributed by atoms with Crippen LogP contribution >= 0.6 is 0 Å². The number of ether oxygens (including phenoxy) is 1. The lowest BCUT2D eigenvalue weighted by atomic mass is 9.89. The summed E-state index contributed by atoms with van der Waals surface area (Å²) < 4.78 is 6.46. The molecule has 3 heterocycles. The molecular formula is C22H34N4O2. The van der Waals surface area contributed by atoms with E-state index in [1.165, 1.54) is 45.2 Å². The number of carbonyl (C=O) groups excluding carboxylic acids is 1. The molecule has 1 amide bonds. The van der Waals surface area contributed by atoms with Gasteiger partial charge in [0.2, 0.25) is 0 Å². The van der Waals surface area contributed by atoms with E-state index in [9.17, 15) is 4.79 Å². The lowest BCUT2D eigenvalue weighted by molar-refractivity contribution is -0.0598. The minimum Gasteiger partial charge on any atom is -0.375 e. The van der Waals surface area contributed by atoms with Crippen LogP contribution in [0.25, 0.3) is 0 Å². The second-order valence-electron chi connectivity index (χ2n) is 8.72. The first kappa shape index (κ1) is 19.6. The molecule has 154 valence electrons. The molecule has 0 aromatic carbocycles. The van der Waals surface area contributed by atoms with E-state index in [1.54, 1.807) is 25.1 Å². The first-order valence-electron chi connectivity index (χ1n) is 10.9. The van der Waals surface area contributed by atoms with Crippen molar-refractivity contribution in [2.24, 2.45) is 0 Å². The van der Waals surface area contributed by atoms with Crippen LogP contribution in [0.5, 0.6) is 0 Å². The quantitative estimate of drug-likeness (QED) is 0.779. The smallest absolute Gasteiger partial charge is 0.272 e. The maximum absolute atomic E-state index is 12.2. The summed E-state index contributed by atoms with van der Waals surface area (Å²) >= 11 is 0. The third-order valence-electron chi connectivity index (χ3n) is 6.58. The molecular weight excluding hydrogens is 352 g/mol. The van der Waals surface area contributed by atoms with Crippen LogP contribution in [0.15, 0.2) is 18.2 Å². The molecule has 0 atom stereocenters. The number of aromatic nitrogens is 1. The van der Waals surface area contributed by atoms with E-state index in [1.807, 2.05) is 12.1 Å². The summed E-state index contributed by atoms with van der Waals surface area (Å²) in [4.78, 5) is 23.3. The third-order valence-corrected chi connectivity index (χ3v) is 6.58. The third kappa shape index (κ3) is 4.49. The number of likely N-dealkylation sites (tertiary alicyclic amines) is 1. The van der Waals surface area contributed by atoms with Gasteiger partial charge in [-0.15, -0.1) is 0 Å². The molecule has 0 spiro atoms. The largest absolute Gasteiger partial charge is 0.375 e. The molecule has 0 N–H and O–H groups in total. The van der Waals surface area contributed by atoms with E-state index in [-0.39, 0.29) is 5.91 Å². The summed E-state index contributed by atoms with van der Waals surface area (Å²) in [6.07, 6.45) is 9.47. The first-order valence-corrected chi connectivity index (χ1v) is 10.9. The Morgan fingerprint density at radius 3 is 2.21 bits per heavy atom. The summed E-state index contributed by atoms with van der Waals surface area (Å²) in [5, 5.41) is 0. The summed E-state index contributed by atoms with van der Waals surface area (Å²) in [5.74, 6) is 0.855. The first-order chi connectivity index (χ1) is 13.6. The van der Waals surface area contributed by atoms with Crippen molar-refractivity contribution >= 4 is 11.7 Å². The van der Waals surface area contributed by atoms with Crippen LogP contribution in [0, 0.1) is 0 Å². The number of anilines is 1. The Morgan fingerprint density at radius 1 is 1.00 bits per heavy atom. The molecule has 6 nitrogen and oxygen atoms in total. The van der Waals surface area contributed by atoms with Crippen molar-refractivity contribution in [1.29, 1.82) is 0 Å². The van der Waals surface area contributed by atoms with Crippen molar-refractivity contribution < 1.29 is 9.53 Å². The highest BCUT2D eigenvalue weighted by Crippen LogP contribution is 2.29. The zero-order valence-corrected chi connectivity index (χ0v) is 17.3. The lowest BCUT2D eigenvalue weighted by Gasteiger charge is -2.42. The number of hydrogen-bond acceptors (Lipinski definition) is 5. The van der Waals surface area contributed by atoms with Gasteiger partial charge in [0.15, 0.2) is 0 Å². The molecule has 1 aromatic rings. The van der Waals surface area contributed by atoms with Crippen molar-refractivity contribution in [3.63, 3.8) is 0 Å². The van der Waals surface area contributed by atoms with Gasteiger partial charge in [0.1, 0.15) is 11.5 Å². The van der Waals surface area contributed by atoms with Crippen LogP contribution in [0.3, 0.4) is 0 Å². The number of amides is 1. The SMILES string of the molecule is CN(C)C(=O)c1cccc(N2CCC(OC3CCN(C4CCC4)CC3)CC2)n1. The normalized spacial score (nSPS) is 22.9. The number of pyridine rings is 1. The average Bonchev–Trinajstić information content (AvgIpc) is 2.68. The Hall–Kier alpha value is -1.66. The molecule has 0 bridgehead atoms. The van der Waals surface area contributed by atoms with Crippen molar-refractivity contribution in [2.45, 2.75) is 63.2 Å². The van der Waals surface area contributed by atoms with Crippen molar-refractivity contribution in [3.05, 3.63) is 23.9 Å². The van der Waals surface area contributed by atoms with E-state index in [2.05, 4.69) is 14.8 Å². The predicted molar refractivity (Wildman–Crippen MR) is 111 cm³/mol. The van der Waals surface area contributed by atoms with Gasteiger partial charge in [-0.05, 0) is 50.7 Å². The van der Waals surface area contributed by atoms with Gasteiger partial charge in [-0.25, -0.2) is 4.98 Å². The number of piperidine rings is 2. The zero-order chi connectivity index (χ0) is 19.5. The topological polar surface area (TPSA) is 48.9 Å². The van der Waals surface area contributed by atoms with Crippen LogP contribution in [0.2, 0.25) is 0 Å². The highest BCUT2D eigenvalue weighted by atomic mass is 16.5. The predicted octanol–water partition coefficient (Wildman–Crippen LogP) is 2.79. The number of carbonyl (C=O) groups is 1. The molecule has 2 saturated heterocycles. The standard InChI is InChI=1S/C22H34N4O2/c1-24(2)22(27)20-7-4-8-21(23-20)26-15-11-19(12-16-26)28-18-9-13-25(14-10-18)17-5-3-6-17/h4,7-8,17-19H,3,5-6,9-16H2,1-2H3. The van der Waals surface area contributed by atoms with Crippen LogP contribution < -0.4 is 4.90 Å². The molecule has 3 fully saturated rings. The van der Waals surface area contributed by atoms with Crippen LogP contribution in [-0.4, -0.2) is 79.2 Å². The fourth-order valence-electron chi connectivity index (χ4n) is 4.57. The van der Waals surface area contributed by atoms with Gasteiger partial charge in [-0.2, -0.15) is 0 Å². The maximum Gasteiger partial charge on any atom is 0.272 e. The van der Waals surface area contributed by atoms with Crippen LogP contribution in [-0.2, 0) is 4.74 Å². The minimum absolute atomic E-state index is 0.0479. The van der Waals surface area contributed by atoms with Gasteiger partial charge >= 0.3 is 0 Å². The van der Waals surface area contributed by atoms with E-state index in [0.717, 1.165) is 37.8 Å². The van der Waals surface area contributed by atoms with Crippen molar-refractivity contribution in [2.75, 3.05) is 45.2 Å². The molecule has 1 aliphatic carbocycles. The fourth-order valence-corrected chi connectivity index (χ4v) is 4.57. The van der Waals surface area contributed by atoms with Gasteiger partial charge in [0.05, 0.1) is 12.2 Å². The Morgan fingerprint density at radius 2 is 1.64 bits per heavy atom. The van der Waals surface area contributed by atoms with Crippen LogP contribution in [0.4, 0.5) is 5.82 Å². The van der Waals surface area contributed by atoms with Crippen LogP contribution in [0.1, 0.15) is 55.4 Å². The zero-order valence-electron chi connectivity index (χ0n) is 17.3. The number of hydrogen-bond donors (Lipinski definition) is 0. The van der Waals surface area contributed by atoms with Gasteiger partial charge in [-0.3, -0.25) is 4.79 Å². The van der Waals surface area contributed by atoms with Gasteiger partial charge in [0.25, 0.3) is 5.91 Å². The molecule has 0 unspecified atom stereocenters. The van der Waals surface area contributed by atoms with Gasteiger partial charge in [-0.1, -0.05) is 12.5 Å².